The molecule has 1 atom stereocenters. The van der Waals surface area contributed by atoms with Crippen LogP contribution in [-0.2, 0) is 9.53 Å². The van der Waals surface area contributed by atoms with Crippen molar-refractivity contribution in [2.45, 2.75) is 55.2 Å². The van der Waals surface area contributed by atoms with E-state index < -0.39 is 54.3 Å². The molecule has 0 saturated carbocycles. The van der Waals surface area contributed by atoms with Gasteiger partial charge in [0.1, 0.15) is 0 Å². The second-order valence-corrected chi connectivity index (χ2v) is 4.72. The largest absolute Gasteiger partial charge is 0.460 e. The van der Waals surface area contributed by atoms with Gasteiger partial charge in [-0.2, -0.15) is 61.5 Å². The second-order valence-electron chi connectivity index (χ2n) is 4.72. The molecule has 0 aromatic heterocycles. The maximum Gasteiger partial charge on any atom is 0.460 e. The molecule has 0 aromatic rings. The van der Waals surface area contributed by atoms with E-state index in [1.807, 2.05) is 0 Å². The number of alkyl halides is 15. The number of ether oxygens (including phenoxy) is 1. The molecule has 0 aliphatic heterocycles. The lowest BCUT2D eigenvalue weighted by atomic mass is 9.85. The molecule has 0 rings (SSSR count). The van der Waals surface area contributed by atoms with Crippen molar-refractivity contribution in [3.63, 3.8) is 0 Å². The highest BCUT2D eigenvalue weighted by molar-refractivity contribution is 5.69. The van der Waals surface area contributed by atoms with Crippen LogP contribution in [0.2, 0.25) is 0 Å². The van der Waals surface area contributed by atoms with Gasteiger partial charge in [-0.05, 0) is 0 Å². The molecule has 0 amide bonds. The summed E-state index contributed by atoms with van der Waals surface area (Å²) in [6, 6.07) is 0. The van der Waals surface area contributed by atoms with Crippen molar-refractivity contribution in [2.75, 3.05) is 0 Å². The topological polar surface area (TPSA) is 26.3 Å². The number of carbonyl (C=O) groups is 1. The quantitative estimate of drug-likeness (QED) is 0.429. The van der Waals surface area contributed by atoms with E-state index in [4.69, 9.17) is 0 Å². The smallest absolute Gasteiger partial charge is 0.418 e. The Kier molecular flexibility index (Phi) is 6.11. The molecule has 2 nitrogen and oxygen atoms in total. The monoisotopic (exact) mass is 442 g/mol. The zero-order valence-corrected chi connectivity index (χ0v) is 12.2. The summed E-state index contributed by atoms with van der Waals surface area (Å²) in [7, 11) is 0. The lowest BCUT2D eigenvalue weighted by Gasteiger charge is -2.45. The van der Waals surface area contributed by atoms with Gasteiger partial charge in [0, 0.05) is 6.42 Å². The predicted octanol–water partition coefficient (Wildman–Crippen LogP) is 5.27. The van der Waals surface area contributed by atoms with Gasteiger partial charge in [0.2, 0.25) is 0 Å². The maximum absolute atomic E-state index is 14.1. The summed E-state index contributed by atoms with van der Waals surface area (Å²) in [5.74, 6) is -27.0. The Hall–Kier alpha value is -1.58. The first kappa shape index (κ1) is 25.4. The summed E-state index contributed by atoms with van der Waals surface area (Å²) in [5.41, 5.74) is -8.17. The van der Waals surface area contributed by atoms with Crippen LogP contribution in [0.15, 0.2) is 0 Å². The molecule has 162 valence electrons. The Morgan fingerprint density at radius 2 is 0.963 bits per heavy atom. The molecule has 0 heterocycles. The average molecular weight is 442 g/mol. The zero-order valence-electron chi connectivity index (χ0n) is 12.2. The first-order valence-corrected chi connectivity index (χ1v) is 6.01. The van der Waals surface area contributed by atoms with Gasteiger partial charge in [-0.25, -0.2) is 4.39 Å². The van der Waals surface area contributed by atoms with Crippen LogP contribution in [0.4, 0.5) is 65.9 Å². The highest BCUT2D eigenvalue weighted by Crippen LogP contribution is 2.63. The Bertz CT molecular complexity index is 542. The molecule has 0 saturated heterocycles. The predicted molar refractivity (Wildman–Crippen MR) is 52.1 cm³/mol. The summed E-state index contributed by atoms with van der Waals surface area (Å²) in [6.07, 6.45) is -25.1. The third kappa shape index (κ3) is 3.48. The van der Waals surface area contributed by atoms with Crippen LogP contribution in [0.25, 0.3) is 0 Å². The molecular weight excluding hydrogens is 437 g/mol. The van der Waals surface area contributed by atoms with E-state index in [2.05, 4.69) is 4.74 Å². The molecular formula is C10H5F15O2. The fourth-order valence-corrected chi connectivity index (χ4v) is 1.49. The molecule has 0 N–H and O–H groups in total. The minimum Gasteiger partial charge on any atom is -0.418 e. The zero-order chi connectivity index (χ0) is 22.5. The van der Waals surface area contributed by atoms with Crippen LogP contribution in [0.5, 0.6) is 0 Å². The summed E-state index contributed by atoms with van der Waals surface area (Å²) in [4.78, 5) is 10.7. The average Bonchev–Trinajstić information content (AvgIpc) is 2.41. The number of esters is 1. The lowest BCUT2D eigenvalue weighted by Crippen LogP contribution is -2.78. The minimum absolute atomic E-state index is 0.379. The summed E-state index contributed by atoms with van der Waals surface area (Å²) >= 11 is 0. The minimum atomic E-state index is -8.22. The van der Waals surface area contributed by atoms with Crippen molar-refractivity contribution in [1.29, 1.82) is 0 Å². The van der Waals surface area contributed by atoms with Gasteiger partial charge in [-0.3, -0.25) is 4.79 Å². The SMILES string of the molecule is CCC(=O)OC(F)(C(F)(F)C(F)(F)C(F)(F)F)C(F)(C(F)(F)F)C(F)(F)F. The van der Waals surface area contributed by atoms with Crippen molar-refractivity contribution < 1.29 is 75.4 Å². The van der Waals surface area contributed by atoms with Gasteiger partial charge < -0.3 is 4.74 Å². The van der Waals surface area contributed by atoms with E-state index in [1.165, 1.54) is 0 Å². The van der Waals surface area contributed by atoms with Gasteiger partial charge >= 0.3 is 47.9 Å². The van der Waals surface area contributed by atoms with Gasteiger partial charge in [-0.1, -0.05) is 6.92 Å². The van der Waals surface area contributed by atoms with Gasteiger partial charge in [0.25, 0.3) is 0 Å². The van der Waals surface area contributed by atoms with Crippen LogP contribution < -0.4 is 0 Å². The first-order chi connectivity index (χ1) is 11.5. The first-order valence-electron chi connectivity index (χ1n) is 6.01. The normalized spacial score (nSPS) is 17.5. The van der Waals surface area contributed by atoms with E-state index in [1.54, 1.807) is 0 Å². The van der Waals surface area contributed by atoms with Crippen LogP contribution in [-0.4, -0.2) is 47.9 Å². The van der Waals surface area contributed by atoms with E-state index in [0.717, 1.165) is 0 Å². The molecule has 0 fully saturated rings. The summed E-state index contributed by atoms with van der Waals surface area (Å²) < 4.78 is 194. The van der Waals surface area contributed by atoms with Crippen LogP contribution in [0.1, 0.15) is 13.3 Å². The molecule has 0 bridgehead atoms. The van der Waals surface area contributed by atoms with Crippen molar-refractivity contribution in [3.05, 3.63) is 0 Å². The third-order valence-corrected chi connectivity index (χ3v) is 2.92. The Balaban J connectivity index is 7.20. The molecule has 0 aliphatic rings. The lowest BCUT2D eigenvalue weighted by molar-refractivity contribution is -0.479. The molecule has 1 unspecified atom stereocenters. The number of hydrogen-bond donors (Lipinski definition) is 0. The van der Waals surface area contributed by atoms with E-state index >= 15 is 0 Å². The Morgan fingerprint density at radius 1 is 0.630 bits per heavy atom. The molecule has 0 aliphatic carbocycles. The molecule has 17 heteroatoms. The summed E-state index contributed by atoms with van der Waals surface area (Å²) in [6.45, 7) is 0.379. The van der Waals surface area contributed by atoms with E-state index in [9.17, 15) is 70.7 Å². The summed E-state index contributed by atoms with van der Waals surface area (Å²) in [5, 5.41) is 0. The molecule has 27 heavy (non-hydrogen) atoms. The molecule has 0 radical (unpaired) electrons. The van der Waals surface area contributed by atoms with E-state index in [0.29, 0.717) is 6.92 Å². The molecule has 0 aromatic carbocycles. The number of hydrogen-bond acceptors (Lipinski definition) is 2. The standard InChI is InChI=1S/C10H5F15O2/c1-2-3(26)27-7(16,4(11,8(17,18)19)9(20,21)22)5(12,13)6(14,15)10(23,24)25/h2H2,1H3. The van der Waals surface area contributed by atoms with Crippen LogP contribution in [0, 0.1) is 0 Å². The molecule has 0 spiro atoms. The van der Waals surface area contributed by atoms with Gasteiger partial charge in [-0.15, -0.1) is 0 Å². The fraction of sp³-hybridized carbons (Fsp3) is 0.900. The highest BCUT2D eigenvalue weighted by atomic mass is 19.4. The maximum atomic E-state index is 14.1. The van der Waals surface area contributed by atoms with Gasteiger partial charge in [0.05, 0.1) is 0 Å². The number of rotatable bonds is 5. The fourth-order valence-electron chi connectivity index (χ4n) is 1.49. The Labute approximate surface area is 138 Å². The number of carbonyl (C=O) groups excluding carboxylic acids is 1. The number of halogens is 15. The van der Waals surface area contributed by atoms with Crippen molar-refractivity contribution in [2.24, 2.45) is 0 Å². The van der Waals surface area contributed by atoms with Crippen LogP contribution >= 0.6 is 0 Å². The van der Waals surface area contributed by atoms with Gasteiger partial charge in [0.15, 0.2) is 0 Å². The second kappa shape index (κ2) is 6.49. The van der Waals surface area contributed by atoms with Crippen molar-refractivity contribution >= 4 is 5.97 Å². The van der Waals surface area contributed by atoms with Crippen molar-refractivity contribution in [3.8, 4) is 0 Å². The third-order valence-electron chi connectivity index (χ3n) is 2.92. The highest BCUT2D eigenvalue weighted by Gasteiger charge is 2.96. The van der Waals surface area contributed by atoms with E-state index in [-0.39, 0.29) is 0 Å². The van der Waals surface area contributed by atoms with Crippen molar-refractivity contribution in [1.82, 2.24) is 0 Å². The Morgan fingerprint density at radius 3 is 1.19 bits per heavy atom. The van der Waals surface area contributed by atoms with Crippen LogP contribution in [0.3, 0.4) is 0 Å².